The smallest absolute Gasteiger partial charge is 0.359 e. The van der Waals surface area contributed by atoms with E-state index in [2.05, 4.69) is 0 Å². The average Bonchev–Trinajstić information content (AvgIpc) is 2.01. The van der Waals surface area contributed by atoms with Gasteiger partial charge in [-0.05, 0) is 13.8 Å². The second kappa shape index (κ2) is 6.78. The van der Waals surface area contributed by atoms with Crippen LogP contribution in [0.3, 0.4) is 0 Å². The second-order valence-electron chi connectivity index (χ2n) is 3.08. The van der Waals surface area contributed by atoms with Crippen molar-refractivity contribution in [1.82, 2.24) is 0 Å². The van der Waals surface area contributed by atoms with Crippen molar-refractivity contribution in [3.05, 3.63) is 0 Å². The highest BCUT2D eigenvalue weighted by atomic mass is 79.9. The van der Waals surface area contributed by atoms with E-state index in [0.29, 0.717) is 13.1 Å². The molecule has 0 aliphatic heterocycles. The molecule has 0 bridgehead atoms. The van der Waals surface area contributed by atoms with Crippen molar-refractivity contribution in [2.75, 3.05) is 26.2 Å². The van der Waals surface area contributed by atoms with Gasteiger partial charge in [0.15, 0.2) is 13.1 Å². The van der Waals surface area contributed by atoms with Gasteiger partial charge in [-0.1, -0.05) is 0 Å². The van der Waals surface area contributed by atoms with E-state index in [4.69, 9.17) is 10.2 Å². The zero-order valence-corrected chi connectivity index (χ0v) is 9.95. The van der Waals surface area contributed by atoms with Crippen LogP contribution in [-0.4, -0.2) is 52.8 Å². The Balaban J connectivity index is 0. The predicted molar refractivity (Wildman–Crippen MR) is 46.3 cm³/mol. The molecule has 0 heterocycles. The van der Waals surface area contributed by atoms with Crippen molar-refractivity contribution >= 4 is 11.9 Å². The molecule has 0 rings (SSSR count). The molecule has 0 atom stereocenters. The van der Waals surface area contributed by atoms with E-state index in [9.17, 15) is 9.59 Å². The van der Waals surface area contributed by atoms with E-state index >= 15 is 0 Å². The van der Waals surface area contributed by atoms with Gasteiger partial charge in [0, 0.05) is 0 Å². The zero-order chi connectivity index (χ0) is 10.5. The number of carboxylic acids is 2. The van der Waals surface area contributed by atoms with Gasteiger partial charge in [-0.3, -0.25) is 0 Å². The molecule has 0 saturated carbocycles. The lowest BCUT2D eigenvalue weighted by Gasteiger charge is -2.33. The molecule has 0 fully saturated rings. The maximum absolute atomic E-state index is 10.5. The Morgan fingerprint density at radius 2 is 1.29 bits per heavy atom. The average molecular weight is 270 g/mol. The second-order valence-corrected chi connectivity index (χ2v) is 3.08. The Kier molecular flexibility index (Phi) is 7.67. The van der Waals surface area contributed by atoms with Crippen LogP contribution in [0.4, 0.5) is 0 Å². The number of carbonyl (C=O) groups is 2. The Morgan fingerprint density at radius 3 is 1.43 bits per heavy atom. The van der Waals surface area contributed by atoms with Crippen molar-refractivity contribution in [2.45, 2.75) is 13.8 Å². The molecule has 0 aromatic heterocycles. The minimum Gasteiger partial charge on any atom is -1.00 e. The molecule has 14 heavy (non-hydrogen) atoms. The first-order chi connectivity index (χ1) is 5.95. The molecule has 0 aliphatic rings. The Labute approximate surface area is 93.7 Å². The standard InChI is InChI=1S/C8H15NO4.BrH/c1-3-9(4-2,5-7(10)11)6-8(12)13;/h3-6H2,1-2H3,(H-,10,11,12,13);1H. The van der Waals surface area contributed by atoms with Gasteiger partial charge in [0.1, 0.15) is 0 Å². The van der Waals surface area contributed by atoms with E-state index < -0.39 is 11.9 Å². The highest BCUT2D eigenvalue weighted by molar-refractivity contribution is 5.70. The largest absolute Gasteiger partial charge is 1.00 e. The van der Waals surface area contributed by atoms with Crippen molar-refractivity contribution in [3.63, 3.8) is 0 Å². The molecule has 84 valence electrons. The summed E-state index contributed by atoms with van der Waals surface area (Å²) in [5.41, 5.74) is 0. The predicted octanol–water partition coefficient (Wildman–Crippen LogP) is -2.98. The zero-order valence-electron chi connectivity index (χ0n) is 8.36. The first-order valence-corrected chi connectivity index (χ1v) is 4.24. The Morgan fingerprint density at radius 1 is 1.00 bits per heavy atom. The Hall–Kier alpha value is -0.620. The number of halogens is 1. The monoisotopic (exact) mass is 269 g/mol. The number of rotatable bonds is 6. The summed E-state index contributed by atoms with van der Waals surface area (Å²) in [6, 6.07) is 0. The van der Waals surface area contributed by atoms with Crippen LogP contribution in [0.25, 0.3) is 0 Å². The summed E-state index contributed by atoms with van der Waals surface area (Å²) in [7, 11) is 0. The molecule has 0 aromatic rings. The fourth-order valence-electron chi connectivity index (χ4n) is 1.30. The molecule has 0 unspecified atom stereocenters. The van der Waals surface area contributed by atoms with Crippen LogP contribution in [0.1, 0.15) is 13.8 Å². The fraction of sp³-hybridized carbons (Fsp3) is 0.750. The molecule has 0 saturated heterocycles. The summed E-state index contributed by atoms with van der Waals surface area (Å²) in [5.74, 6) is -1.91. The van der Waals surface area contributed by atoms with E-state index in [1.165, 1.54) is 0 Å². The van der Waals surface area contributed by atoms with Crippen molar-refractivity contribution in [3.8, 4) is 0 Å². The number of quaternary nitrogens is 1. The number of carboxylic acid groups (broad SMARTS) is 2. The Bertz CT molecular complexity index is 186. The summed E-state index contributed by atoms with van der Waals surface area (Å²) in [6.45, 7) is 4.40. The fourth-order valence-corrected chi connectivity index (χ4v) is 1.30. The van der Waals surface area contributed by atoms with Crippen LogP contribution >= 0.6 is 0 Å². The van der Waals surface area contributed by atoms with Gasteiger partial charge in [-0.15, -0.1) is 0 Å². The van der Waals surface area contributed by atoms with Gasteiger partial charge in [0.05, 0.1) is 13.1 Å². The quantitative estimate of drug-likeness (QED) is 0.505. The van der Waals surface area contributed by atoms with Crippen LogP contribution < -0.4 is 17.0 Å². The van der Waals surface area contributed by atoms with E-state index in [-0.39, 0.29) is 34.6 Å². The third-order valence-corrected chi connectivity index (χ3v) is 2.28. The van der Waals surface area contributed by atoms with Gasteiger partial charge < -0.3 is 31.7 Å². The maximum Gasteiger partial charge on any atom is 0.359 e. The number of nitrogens with zero attached hydrogens (tertiary/aromatic N) is 1. The third-order valence-electron chi connectivity index (χ3n) is 2.28. The first-order valence-electron chi connectivity index (χ1n) is 4.24. The molecule has 0 aliphatic carbocycles. The van der Waals surface area contributed by atoms with Crippen LogP contribution in [0.2, 0.25) is 0 Å². The van der Waals surface area contributed by atoms with Gasteiger partial charge in [-0.25, -0.2) is 9.59 Å². The number of hydrogen-bond donors (Lipinski definition) is 2. The van der Waals surface area contributed by atoms with Gasteiger partial charge in [0.25, 0.3) is 0 Å². The highest BCUT2D eigenvalue weighted by Gasteiger charge is 2.29. The molecule has 0 aromatic carbocycles. The summed E-state index contributed by atoms with van der Waals surface area (Å²) in [5, 5.41) is 17.2. The summed E-state index contributed by atoms with van der Waals surface area (Å²) < 4.78 is 0.102. The van der Waals surface area contributed by atoms with E-state index in [1.807, 2.05) is 0 Å². The van der Waals surface area contributed by atoms with Crippen molar-refractivity contribution < 1.29 is 41.3 Å². The minimum absolute atomic E-state index is 0. The maximum atomic E-state index is 10.5. The van der Waals surface area contributed by atoms with Gasteiger partial charge in [-0.2, -0.15) is 0 Å². The first kappa shape index (κ1) is 15.8. The molecule has 0 spiro atoms. The SMILES string of the molecule is CC[N+](CC)(CC(=O)O)CC(=O)O.[Br-]. The molecule has 6 heteroatoms. The van der Waals surface area contributed by atoms with Crippen LogP contribution in [0.5, 0.6) is 0 Å². The van der Waals surface area contributed by atoms with Crippen LogP contribution in [0, 0.1) is 0 Å². The summed E-state index contributed by atoms with van der Waals surface area (Å²) in [4.78, 5) is 21.0. The topological polar surface area (TPSA) is 74.6 Å². The van der Waals surface area contributed by atoms with E-state index in [0.717, 1.165) is 0 Å². The number of aliphatic carboxylic acids is 2. The summed E-state index contributed by atoms with van der Waals surface area (Å²) >= 11 is 0. The molecule has 5 nitrogen and oxygen atoms in total. The van der Waals surface area contributed by atoms with Crippen LogP contribution in [-0.2, 0) is 9.59 Å². The third kappa shape index (κ3) is 5.18. The molecule has 0 amide bonds. The summed E-state index contributed by atoms with van der Waals surface area (Å²) in [6.07, 6.45) is 0. The number of likely N-dealkylation sites (N-methyl/N-ethyl adjacent to an activating group) is 1. The molecule has 0 radical (unpaired) electrons. The van der Waals surface area contributed by atoms with Crippen molar-refractivity contribution in [1.29, 1.82) is 0 Å². The molecular formula is C8H16BrNO4. The van der Waals surface area contributed by atoms with Gasteiger partial charge in [0.2, 0.25) is 0 Å². The highest BCUT2D eigenvalue weighted by Crippen LogP contribution is 2.05. The molecule has 2 N–H and O–H groups in total. The number of hydrogen-bond acceptors (Lipinski definition) is 2. The lowest BCUT2D eigenvalue weighted by molar-refractivity contribution is -0.911. The van der Waals surface area contributed by atoms with Crippen LogP contribution in [0.15, 0.2) is 0 Å². The lowest BCUT2D eigenvalue weighted by atomic mass is 10.3. The van der Waals surface area contributed by atoms with Gasteiger partial charge >= 0.3 is 11.9 Å². The van der Waals surface area contributed by atoms with Crippen molar-refractivity contribution in [2.24, 2.45) is 0 Å². The minimum atomic E-state index is -0.954. The lowest BCUT2D eigenvalue weighted by Crippen LogP contribution is -3.00. The normalized spacial score (nSPS) is 10.4. The molecular weight excluding hydrogens is 254 g/mol. The van der Waals surface area contributed by atoms with E-state index in [1.54, 1.807) is 13.8 Å².